The predicted octanol–water partition coefficient (Wildman–Crippen LogP) is 10.5. The number of amides is 1. The van der Waals surface area contributed by atoms with Crippen molar-refractivity contribution in [3.05, 3.63) is 82.4 Å². The van der Waals surface area contributed by atoms with Crippen LogP contribution in [0.3, 0.4) is 0 Å². The topological polar surface area (TPSA) is 99.9 Å². The zero-order chi connectivity index (χ0) is 35.8. The maximum absolute atomic E-state index is 13.7. The fourth-order valence-corrected chi connectivity index (χ4v) is 5.83. The highest BCUT2D eigenvalue weighted by molar-refractivity contribution is 6.15. The van der Waals surface area contributed by atoms with Crippen molar-refractivity contribution in [2.45, 2.75) is 113 Å². The van der Waals surface area contributed by atoms with Crippen molar-refractivity contribution in [3.8, 4) is 23.0 Å². The second kappa shape index (κ2) is 20.6. The van der Waals surface area contributed by atoms with Crippen LogP contribution in [0.25, 0.3) is 0 Å². The summed E-state index contributed by atoms with van der Waals surface area (Å²) in [6.45, 7) is 16.6. The van der Waals surface area contributed by atoms with Crippen molar-refractivity contribution in [2.75, 3.05) is 13.2 Å². The van der Waals surface area contributed by atoms with Gasteiger partial charge in [0.15, 0.2) is 5.78 Å². The molecule has 3 aromatic rings. The number of ether oxygens (including phenoxy) is 3. The van der Waals surface area contributed by atoms with Crippen LogP contribution in [0.15, 0.2) is 54.6 Å². The van der Waals surface area contributed by atoms with Crippen molar-refractivity contribution in [3.63, 3.8) is 0 Å². The maximum atomic E-state index is 13.7. The monoisotopic (exact) mass is 672 g/mol. The van der Waals surface area contributed by atoms with Gasteiger partial charge in [0.2, 0.25) is 0 Å². The third kappa shape index (κ3) is 13.5. The second-order valence-corrected chi connectivity index (χ2v) is 14.4. The molecule has 0 aliphatic rings. The number of benzene rings is 3. The summed E-state index contributed by atoms with van der Waals surface area (Å²) in [5.41, 5.74) is 4.83. The van der Waals surface area contributed by atoms with Gasteiger partial charge >= 0.3 is 0 Å². The lowest BCUT2D eigenvalue weighted by Crippen LogP contribution is -2.31. The molecule has 7 heteroatoms. The summed E-state index contributed by atoms with van der Waals surface area (Å²) < 4.78 is 18.4. The summed E-state index contributed by atoms with van der Waals surface area (Å²) in [7, 11) is 0. The van der Waals surface area contributed by atoms with Crippen LogP contribution in [0.2, 0.25) is 0 Å². The van der Waals surface area contributed by atoms with Gasteiger partial charge in [-0.2, -0.15) is 0 Å². The number of ketones is 1. The van der Waals surface area contributed by atoms with Gasteiger partial charge in [0.1, 0.15) is 23.0 Å². The van der Waals surface area contributed by atoms with Crippen molar-refractivity contribution in [1.29, 1.82) is 0 Å². The van der Waals surface area contributed by atoms with E-state index in [1.54, 1.807) is 42.5 Å². The first-order chi connectivity index (χ1) is 23.5. The van der Waals surface area contributed by atoms with Gasteiger partial charge in [-0.25, -0.2) is 5.84 Å². The molecule has 7 nitrogen and oxygen atoms in total. The van der Waals surface area contributed by atoms with Crippen molar-refractivity contribution < 1.29 is 23.8 Å². The van der Waals surface area contributed by atoms with E-state index in [2.05, 4.69) is 40.0 Å². The average Bonchev–Trinajstić information content (AvgIpc) is 3.07. The second-order valence-electron chi connectivity index (χ2n) is 14.4. The molecule has 1 atom stereocenters. The number of nitrogens with one attached hydrogen (secondary N) is 1. The summed E-state index contributed by atoms with van der Waals surface area (Å²) in [5.74, 6) is 9.35. The summed E-state index contributed by atoms with van der Waals surface area (Å²) in [6.07, 6.45) is 12.0. The molecule has 3 N–H and O–H groups in total. The molecular formula is C42H60N2O5. The Bertz CT molecular complexity index is 1460. The number of carbonyl (C=O) groups excluding carboxylic acids is 2. The van der Waals surface area contributed by atoms with Crippen molar-refractivity contribution in [2.24, 2.45) is 23.6 Å². The first-order valence-corrected chi connectivity index (χ1v) is 18.3. The third-order valence-corrected chi connectivity index (χ3v) is 8.97. The minimum atomic E-state index is -0.554. The van der Waals surface area contributed by atoms with Crippen LogP contribution in [-0.4, -0.2) is 24.9 Å². The normalized spacial score (nSPS) is 11.9. The molecule has 0 aromatic heterocycles. The summed E-state index contributed by atoms with van der Waals surface area (Å²) in [5, 5.41) is 0. The van der Waals surface area contributed by atoms with Gasteiger partial charge in [0.05, 0.1) is 18.8 Å². The SMILES string of the molecule is Cc1cc(Oc2ccc(C(=O)NN)c(C(=O)c3ccc(OCCC(C)CCCC(C)C)cc3)c2)c(C)cc1OCCCCCCCC(C)C. The van der Waals surface area contributed by atoms with Crippen molar-refractivity contribution >= 4 is 11.7 Å². The molecule has 3 aromatic carbocycles. The van der Waals surface area contributed by atoms with Gasteiger partial charge in [-0.15, -0.1) is 0 Å². The molecule has 0 radical (unpaired) electrons. The largest absolute Gasteiger partial charge is 0.494 e. The standard InChI is InChI=1S/C42H60N2O5/c1-29(2)14-11-9-8-10-12-24-48-39-26-33(7)40(27-32(39)6)49-36-21-22-37(42(46)44-43)38(28-36)41(45)34-17-19-35(20-18-34)47-25-23-31(5)16-13-15-30(3)4/h17-22,26-31H,8-16,23-25,43H2,1-7H3,(H,44,46). The average molecular weight is 673 g/mol. The molecule has 0 saturated heterocycles. The summed E-state index contributed by atoms with van der Waals surface area (Å²) in [4.78, 5) is 26.3. The minimum Gasteiger partial charge on any atom is -0.494 e. The molecular weight excluding hydrogens is 612 g/mol. The number of aryl methyl sites for hydroxylation is 2. The lowest BCUT2D eigenvalue weighted by atomic mass is 9.97. The van der Waals surface area contributed by atoms with E-state index in [1.807, 2.05) is 26.0 Å². The van der Waals surface area contributed by atoms with E-state index in [-0.39, 0.29) is 16.9 Å². The number of hydrazine groups is 1. The number of unbranched alkanes of at least 4 members (excludes halogenated alkanes) is 4. The van der Waals surface area contributed by atoms with Gasteiger partial charge in [-0.05, 0) is 110 Å². The highest BCUT2D eigenvalue weighted by Crippen LogP contribution is 2.33. The molecule has 49 heavy (non-hydrogen) atoms. The zero-order valence-corrected chi connectivity index (χ0v) is 31.0. The van der Waals surface area contributed by atoms with E-state index in [0.29, 0.717) is 41.9 Å². The maximum Gasteiger partial charge on any atom is 0.265 e. The van der Waals surface area contributed by atoms with E-state index in [4.69, 9.17) is 20.1 Å². The van der Waals surface area contributed by atoms with Gasteiger partial charge < -0.3 is 14.2 Å². The molecule has 0 aliphatic carbocycles. The smallest absolute Gasteiger partial charge is 0.265 e. The Hall–Kier alpha value is -3.84. The highest BCUT2D eigenvalue weighted by atomic mass is 16.5. The summed E-state index contributed by atoms with van der Waals surface area (Å²) in [6, 6.07) is 15.8. The van der Waals surface area contributed by atoms with E-state index >= 15 is 0 Å². The Kier molecular flexibility index (Phi) is 16.7. The van der Waals surface area contributed by atoms with Gasteiger partial charge in [0, 0.05) is 11.1 Å². The number of nitrogen functional groups attached to an aromatic ring is 1. The number of carbonyl (C=O) groups is 2. The molecule has 0 spiro atoms. The summed E-state index contributed by atoms with van der Waals surface area (Å²) >= 11 is 0. The first-order valence-electron chi connectivity index (χ1n) is 18.3. The third-order valence-electron chi connectivity index (χ3n) is 8.97. The predicted molar refractivity (Wildman–Crippen MR) is 200 cm³/mol. The molecule has 1 amide bonds. The fourth-order valence-electron chi connectivity index (χ4n) is 5.83. The Morgan fingerprint density at radius 2 is 1.24 bits per heavy atom. The number of hydrogen-bond donors (Lipinski definition) is 2. The Morgan fingerprint density at radius 1 is 0.633 bits per heavy atom. The van der Waals surface area contributed by atoms with Gasteiger partial charge in [-0.1, -0.05) is 86.0 Å². The molecule has 3 rings (SSSR count). The number of hydrogen-bond acceptors (Lipinski definition) is 6. The van der Waals surface area contributed by atoms with E-state index in [1.165, 1.54) is 51.4 Å². The molecule has 0 fully saturated rings. The van der Waals surface area contributed by atoms with Crippen LogP contribution < -0.4 is 25.5 Å². The van der Waals surface area contributed by atoms with Gasteiger partial charge in [0.25, 0.3) is 5.91 Å². The van der Waals surface area contributed by atoms with Crippen LogP contribution in [-0.2, 0) is 0 Å². The number of nitrogens with two attached hydrogens (primary N) is 1. The van der Waals surface area contributed by atoms with Crippen LogP contribution in [0, 0.1) is 31.6 Å². The molecule has 0 saturated carbocycles. The van der Waals surface area contributed by atoms with Crippen LogP contribution in [0.4, 0.5) is 0 Å². The molecule has 0 aliphatic heterocycles. The molecule has 268 valence electrons. The Morgan fingerprint density at radius 3 is 1.94 bits per heavy atom. The Balaban J connectivity index is 1.63. The quantitative estimate of drug-likeness (QED) is 0.0362. The van der Waals surface area contributed by atoms with E-state index < -0.39 is 5.91 Å². The number of rotatable bonds is 22. The Labute approximate surface area is 295 Å². The molecule has 0 heterocycles. The van der Waals surface area contributed by atoms with E-state index in [9.17, 15) is 9.59 Å². The molecule has 1 unspecified atom stereocenters. The van der Waals surface area contributed by atoms with Gasteiger partial charge in [-0.3, -0.25) is 15.0 Å². The lowest BCUT2D eigenvalue weighted by Gasteiger charge is -2.16. The highest BCUT2D eigenvalue weighted by Gasteiger charge is 2.20. The lowest BCUT2D eigenvalue weighted by molar-refractivity contribution is 0.0942. The van der Waals surface area contributed by atoms with Crippen LogP contribution >= 0.6 is 0 Å². The van der Waals surface area contributed by atoms with Crippen molar-refractivity contribution in [1.82, 2.24) is 5.43 Å². The van der Waals surface area contributed by atoms with Crippen LogP contribution in [0.5, 0.6) is 23.0 Å². The van der Waals surface area contributed by atoms with E-state index in [0.717, 1.165) is 41.6 Å². The molecule has 0 bridgehead atoms. The van der Waals surface area contributed by atoms with Crippen LogP contribution in [0.1, 0.15) is 136 Å². The zero-order valence-electron chi connectivity index (χ0n) is 31.0. The fraction of sp³-hybridized carbons (Fsp3) is 0.524. The first kappa shape index (κ1) is 39.6. The minimum absolute atomic E-state index is 0.170.